The summed E-state index contributed by atoms with van der Waals surface area (Å²) in [5, 5.41) is 12.0. The molecule has 6 nitrogen and oxygen atoms in total. The third-order valence-electron chi connectivity index (χ3n) is 5.16. The van der Waals surface area contributed by atoms with E-state index in [9.17, 15) is 19.2 Å². The minimum Gasteiger partial charge on any atom is -0.449 e. The molecular formula is C22H26FN3O3. The van der Waals surface area contributed by atoms with Crippen LogP contribution in [0, 0.1) is 36.9 Å². The lowest BCUT2D eigenvalue weighted by Gasteiger charge is -2.28. The Morgan fingerprint density at radius 2 is 1.79 bits per heavy atom. The van der Waals surface area contributed by atoms with E-state index in [1.54, 1.807) is 32.0 Å². The summed E-state index contributed by atoms with van der Waals surface area (Å²) in [4.78, 5) is 25.1. The van der Waals surface area contributed by atoms with Crippen molar-refractivity contribution in [1.82, 2.24) is 9.88 Å². The molecule has 0 saturated carbocycles. The minimum absolute atomic E-state index is 0.117. The predicted octanol–water partition coefficient (Wildman–Crippen LogP) is 3.83. The van der Waals surface area contributed by atoms with E-state index >= 15 is 0 Å². The number of hydrogen-bond acceptors (Lipinski definition) is 4. The maximum absolute atomic E-state index is 13.2. The van der Waals surface area contributed by atoms with Gasteiger partial charge in [-0.2, -0.15) is 5.26 Å². The monoisotopic (exact) mass is 399 g/mol. The van der Waals surface area contributed by atoms with E-state index in [4.69, 9.17) is 4.74 Å². The van der Waals surface area contributed by atoms with Crippen molar-refractivity contribution in [2.75, 3.05) is 0 Å². The summed E-state index contributed by atoms with van der Waals surface area (Å²) in [6.07, 6.45) is -1.07. The maximum atomic E-state index is 13.2. The van der Waals surface area contributed by atoms with Crippen molar-refractivity contribution in [2.24, 2.45) is 5.92 Å². The molecule has 2 atom stereocenters. The Balaban J connectivity index is 2.19. The van der Waals surface area contributed by atoms with Crippen LogP contribution in [0.25, 0.3) is 5.69 Å². The number of ether oxygens (including phenoxy) is 1. The largest absolute Gasteiger partial charge is 0.449 e. The predicted molar refractivity (Wildman–Crippen MR) is 107 cm³/mol. The SMILES string of the molecule is Cc1cc(C(=O)OC(C)C(=O)NC(C)(C#N)C(C)C)c(C)n1-c1ccc(F)cc1. The molecule has 1 N–H and O–H groups in total. The zero-order chi connectivity index (χ0) is 21.9. The summed E-state index contributed by atoms with van der Waals surface area (Å²) in [5.74, 6) is -1.64. The molecule has 0 fully saturated rings. The number of nitrogens with one attached hydrogen (secondary N) is 1. The molecule has 0 aliphatic carbocycles. The second-order valence-corrected chi connectivity index (χ2v) is 7.60. The molecule has 0 spiro atoms. The fourth-order valence-electron chi connectivity index (χ4n) is 2.89. The Morgan fingerprint density at radius 3 is 2.31 bits per heavy atom. The first kappa shape index (κ1) is 22.2. The molecule has 2 aromatic rings. The first-order chi connectivity index (χ1) is 13.5. The molecule has 0 bridgehead atoms. The number of aromatic nitrogens is 1. The number of esters is 1. The quantitative estimate of drug-likeness (QED) is 0.748. The third kappa shape index (κ3) is 4.65. The van der Waals surface area contributed by atoms with Crippen molar-refractivity contribution in [3.8, 4) is 11.8 Å². The lowest BCUT2D eigenvalue weighted by atomic mass is 9.90. The van der Waals surface area contributed by atoms with Gasteiger partial charge in [0.25, 0.3) is 5.91 Å². The van der Waals surface area contributed by atoms with Crippen LogP contribution in [0.3, 0.4) is 0 Å². The molecule has 1 aromatic carbocycles. The van der Waals surface area contributed by atoms with E-state index < -0.39 is 23.5 Å². The van der Waals surface area contributed by atoms with Gasteiger partial charge in [-0.1, -0.05) is 13.8 Å². The molecule has 7 heteroatoms. The second-order valence-electron chi connectivity index (χ2n) is 7.60. The van der Waals surface area contributed by atoms with Crippen molar-refractivity contribution >= 4 is 11.9 Å². The van der Waals surface area contributed by atoms with E-state index in [0.29, 0.717) is 16.9 Å². The number of carbonyl (C=O) groups excluding carboxylic acids is 2. The highest BCUT2D eigenvalue weighted by Crippen LogP contribution is 2.22. The molecular weight excluding hydrogens is 373 g/mol. The maximum Gasteiger partial charge on any atom is 0.340 e. The minimum atomic E-state index is -1.07. The fourth-order valence-corrected chi connectivity index (χ4v) is 2.89. The van der Waals surface area contributed by atoms with Gasteiger partial charge >= 0.3 is 5.97 Å². The molecule has 2 unspecified atom stereocenters. The summed E-state index contributed by atoms with van der Waals surface area (Å²) in [5.41, 5.74) is 1.37. The van der Waals surface area contributed by atoms with Gasteiger partial charge in [-0.3, -0.25) is 4.79 Å². The van der Waals surface area contributed by atoms with Crippen LogP contribution in [0.5, 0.6) is 0 Å². The molecule has 29 heavy (non-hydrogen) atoms. The second kappa shape index (κ2) is 8.48. The van der Waals surface area contributed by atoms with Crippen LogP contribution in [-0.4, -0.2) is 28.1 Å². The van der Waals surface area contributed by atoms with Crippen molar-refractivity contribution in [1.29, 1.82) is 5.26 Å². The summed E-state index contributed by atoms with van der Waals surface area (Å²) in [6.45, 7) is 10.3. The third-order valence-corrected chi connectivity index (χ3v) is 5.16. The van der Waals surface area contributed by atoms with Crippen LogP contribution in [0.1, 0.15) is 49.4 Å². The van der Waals surface area contributed by atoms with E-state index in [1.807, 2.05) is 25.3 Å². The Kier molecular flexibility index (Phi) is 6.48. The van der Waals surface area contributed by atoms with Crippen LogP contribution >= 0.6 is 0 Å². The molecule has 1 heterocycles. The van der Waals surface area contributed by atoms with Gasteiger partial charge in [-0.15, -0.1) is 0 Å². The molecule has 1 amide bonds. The average molecular weight is 399 g/mol. The number of benzene rings is 1. The van der Waals surface area contributed by atoms with Crippen LogP contribution in [0.2, 0.25) is 0 Å². The topological polar surface area (TPSA) is 84.1 Å². The van der Waals surface area contributed by atoms with Gasteiger partial charge < -0.3 is 14.6 Å². The van der Waals surface area contributed by atoms with E-state index in [2.05, 4.69) is 11.4 Å². The van der Waals surface area contributed by atoms with Crippen molar-refractivity contribution in [2.45, 2.75) is 53.2 Å². The number of hydrogen-bond donors (Lipinski definition) is 1. The number of nitriles is 1. The molecule has 0 radical (unpaired) electrons. The first-order valence-corrected chi connectivity index (χ1v) is 9.39. The smallest absolute Gasteiger partial charge is 0.340 e. The van der Waals surface area contributed by atoms with Crippen LogP contribution in [0.15, 0.2) is 30.3 Å². The Labute approximate surface area is 170 Å². The molecule has 2 rings (SSSR count). The normalized spacial score (nSPS) is 14.0. The van der Waals surface area contributed by atoms with Gasteiger partial charge in [0.05, 0.1) is 11.6 Å². The van der Waals surface area contributed by atoms with Gasteiger partial charge in [-0.05, 0) is 63.9 Å². The highest BCUT2D eigenvalue weighted by Gasteiger charge is 2.33. The lowest BCUT2D eigenvalue weighted by molar-refractivity contribution is -0.130. The summed E-state index contributed by atoms with van der Waals surface area (Å²) >= 11 is 0. The molecule has 0 aliphatic heterocycles. The Hall–Kier alpha value is -3.14. The van der Waals surface area contributed by atoms with Crippen LogP contribution < -0.4 is 5.32 Å². The van der Waals surface area contributed by atoms with E-state index in [1.165, 1.54) is 19.1 Å². The number of halogens is 1. The standard InChI is InChI=1S/C22H26FN3O3/c1-13(2)22(6,12-24)25-20(27)16(5)29-21(28)19-11-14(3)26(15(19)4)18-9-7-17(23)8-10-18/h7-11,13,16H,1-6H3,(H,25,27). The lowest BCUT2D eigenvalue weighted by Crippen LogP contribution is -2.52. The van der Waals surface area contributed by atoms with Gasteiger partial charge in [-0.25, -0.2) is 9.18 Å². The van der Waals surface area contributed by atoms with Crippen LogP contribution in [0.4, 0.5) is 4.39 Å². The van der Waals surface area contributed by atoms with Gasteiger partial charge in [0, 0.05) is 17.1 Å². The highest BCUT2D eigenvalue weighted by molar-refractivity contribution is 5.94. The number of rotatable bonds is 6. The zero-order valence-corrected chi connectivity index (χ0v) is 17.5. The van der Waals surface area contributed by atoms with Crippen molar-refractivity contribution < 1.29 is 18.7 Å². The zero-order valence-electron chi connectivity index (χ0n) is 17.5. The number of carbonyl (C=O) groups is 2. The Morgan fingerprint density at radius 1 is 1.21 bits per heavy atom. The number of aryl methyl sites for hydroxylation is 1. The molecule has 1 aromatic heterocycles. The Bertz CT molecular complexity index is 957. The number of nitrogens with zero attached hydrogens (tertiary/aromatic N) is 2. The van der Waals surface area contributed by atoms with Gasteiger partial charge in [0.15, 0.2) is 6.10 Å². The van der Waals surface area contributed by atoms with Gasteiger partial charge in [0.2, 0.25) is 0 Å². The summed E-state index contributed by atoms with van der Waals surface area (Å²) < 4.78 is 20.4. The van der Waals surface area contributed by atoms with Crippen molar-refractivity contribution in [3.63, 3.8) is 0 Å². The van der Waals surface area contributed by atoms with Gasteiger partial charge in [0.1, 0.15) is 11.4 Å². The van der Waals surface area contributed by atoms with Crippen LogP contribution in [-0.2, 0) is 9.53 Å². The molecule has 154 valence electrons. The summed E-state index contributed by atoms with van der Waals surface area (Å²) in [6, 6.07) is 9.69. The van der Waals surface area contributed by atoms with Crippen molar-refractivity contribution in [3.05, 3.63) is 53.1 Å². The molecule has 0 saturated heterocycles. The van der Waals surface area contributed by atoms with E-state index in [-0.39, 0.29) is 11.7 Å². The average Bonchev–Trinajstić information content (AvgIpc) is 2.96. The first-order valence-electron chi connectivity index (χ1n) is 9.39. The summed E-state index contributed by atoms with van der Waals surface area (Å²) in [7, 11) is 0. The molecule has 0 aliphatic rings. The fraction of sp³-hybridized carbons (Fsp3) is 0.409. The van der Waals surface area contributed by atoms with E-state index in [0.717, 1.165) is 5.69 Å². The number of amides is 1. The highest BCUT2D eigenvalue weighted by atomic mass is 19.1.